The lowest BCUT2D eigenvalue weighted by Gasteiger charge is -2.10. The Hall–Kier alpha value is -14.4. The molecule has 9 heteroatoms. The molecule has 0 radical (unpaired) electrons. The van der Waals surface area contributed by atoms with Gasteiger partial charge in [-0.15, -0.1) is 0 Å². The molecule has 9 nitrogen and oxygen atoms in total. The second-order valence-electron chi connectivity index (χ2n) is 26.2. The van der Waals surface area contributed by atoms with Crippen LogP contribution in [0, 0.1) is 0 Å². The van der Waals surface area contributed by atoms with Crippen LogP contribution < -0.4 is 0 Å². The Morgan fingerprint density at radius 2 is 0.481 bits per heavy atom. The summed E-state index contributed by atoms with van der Waals surface area (Å²) in [6, 6.07) is 123. The van der Waals surface area contributed by atoms with Gasteiger partial charge in [0, 0.05) is 89.2 Å². The largest absolute Gasteiger partial charge is 0.455 e. The third-order valence-corrected chi connectivity index (χ3v) is 19.8. The normalized spacial score (nSPS) is 11.4. The average molecular weight is 1360 g/mol. The zero-order valence-electron chi connectivity index (χ0n) is 57.2. The van der Waals surface area contributed by atoms with Crippen molar-refractivity contribution in [3.05, 3.63) is 370 Å². The molecule has 20 aromatic rings. The van der Waals surface area contributed by atoms with E-state index >= 15 is 0 Å². The minimum Gasteiger partial charge on any atom is -0.455 e. The van der Waals surface area contributed by atoms with Crippen LogP contribution in [0.25, 0.3) is 201 Å². The number of fused-ring (bicyclic) bond motifs is 10. The van der Waals surface area contributed by atoms with E-state index in [0.717, 1.165) is 177 Å². The van der Waals surface area contributed by atoms with Crippen LogP contribution in [0.3, 0.4) is 0 Å². The van der Waals surface area contributed by atoms with E-state index in [9.17, 15) is 0 Å². The molecule has 20 rings (SSSR count). The lowest BCUT2D eigenvalue weighted by molar-refractivity contribution is 0.672. The van der Waals surface area contributed by atoms with E-state index in [1.54, 1.807) is 0 Å². The van der Waals surface area contributed by atoms with Crippen LogP contribution in [0.2, 0.25) is 0 Å². The fraction of sp³-hybridized carbons (Fsp3) is 0. The Bertz CT molecular complexity index is 6100. The number of furan rings is 2. The summed E-state index contributed by atoms with van der Waals surface area (Å²) in [6.45, 7) is 0. The standard InChI is InChI=1S/C49H31N3O.C48H30N4O/c1-3-12-35(13-4-1)44-31-45(52-49(51-44)37-14-5-2-6-15-37)36-27-23-33(24-28-36)32-21-25-34(26-22-32)38-18-11-20-46-47(38)42-30-41(43-19-9-10-29-50-43)39-16-7-8-17-40(39)48(42)53-46;1-3-12-34(13-4-1)46-50-47(35-14-5-2-6-15-35)52-48(51-46)36-27-23-32(24-28-36)31-21-25-33(26-22-31)37-18-11-20-43-44(37)41-30-40(42-19-9-10-29-49-42)38-16-7-8-17-39(38)45(41)53-43/h1-31H;1-30H. The van der Waals surface area contributed by atoms with Gasteiger partial charge in [0.1, 0.15) is 22.3 Å². The molecule has 0 N–H and O–H groups in total. The maximum Gasteiger partial charge on any atom is 0.164 e. The van der Waals surface area contributed by atoms with Crippen LogP contribution >= 0.6 is 0 Å². The lowest BCUT2D eigenvalue weighted by atomic mass is 9.94. The highest BCUT2D eigenvalue weighted by Crippen LogP contribution is 2.46. The zero-order valence-corrected chi connectivity index (χ0v) is 57.2. The van der Waals surface area contributed by atoms with Gasteiger partial charge in [0.05, 0.1) is 22.8 Å². The van der Waals surface area contributed by atoms with Gasteiger partial charge in [0.15, 0.2) is 23.3 Å². The topological polar surface area (TPSA) is 117 Å². The Kier molecular flexibility index (Phi) is 16.0. The Morgan fingerprint density at radius 3 is 0.858 bits per heavy atom. The van der Waals surface area contributed by atoms with E-state index in [4.69, 9.17) is 43.7 Å². The Labute approximate surface area is 610 Å². The van der Waals surface area contributed by atoms with E-state index in [1.165, 1.54) is 0 Å². The molecule has 0 bridgehead atoms. The number of pyridine rings is 2. The summed E-state index contributed by atoms with van der Waals surface area (Å²) >= 11 is 0. The number of hydrogen-bond acceptors (Lipinski definition) is 9. The second-order valence-corrected chi connectivity index (χ2v) is 26.2. The first-order valence-corrected chi connectivity index (χ1v) is 35.4. The summed E-state index contributed by atoms with van der Waals surface area (Å²) in [6.07, 6.45) is 3.70. The summed E-state index contributed by atoms with van der Waals surface area (Å²) in [5, 5.41) is 8.80. The van der Waals surface area contributed by atoms with Crippen molar-refractivity contribution in [3.8, 4) is 135 Å². The van der Waals surface area contributed by atoms with E-state index in [0.29, 0.717) is 23.3 Å². The predicted octanol–water partition coefficient (Wildman–Crippen LogP) is 25.2. The highest BCUT2D eigenvalue weighted by atomic mass is 16.3. The summed E-state index contributed by atoms with van der Waals surface area (Å²) in [7, 11) is 0. The van der Waals surface area contributed by atoms with Gasteiger partial charge in [-0.25, -0.2) is 24.9 Å². The van der Waals surface area contributed by atoms with Gasteiger partial charge < -0.3 is 8.83 Å². The van der Waals surface area contributed by atoms with Crippen LogP contribution in [-0.2, 0) is 0 Å². The predicted molar refractivity (Wildman–Crippen MR) is 432 cm³/mol. The van der Waals surface area contributed by atoms with Crippen LogP contribution in [0.15, 0.2) is 379 Å². The van der Waals surface area contributed by atoms with Gasteiger partial charge in [-0.05, 0) is 110 Å². The van der Waals surface area contributed by atoms with Gasteiger partial charge in [-0.3, -0.25) is 9.97 Å². The summed E-state index contributed by atoms with van der Waals surface area (Å²) in [5.41, 5.74) is 24.3. The number of rotatable bonds is 12. The molecule has 6 heterocycles. The van der Waals surface area contributed by atoms with Crippen LogP contribution in [0.1, 0.15) is 0 Å². The molecule has 0 spiro atoms. The van der Waals surface area contributed by atoms with Crippen molar-refractivity contribution in [1.29, 1.82) is 0 Å². The molecule has 0 amide bonds. The number of hydrogen-bond donors (Lipinski definition) is 0. The van der Waals surface area contributed by atoms with Crippen molar-refractivity contribution < 1.29 is 8.83 Å². The minimum absolute atomic E-state index is 0.638. The summed E-state index contributed by atoms with van der Waals surface area (Å²) < 4.78 is 13.2. The first-order valence-electron chi connectivity index (χ1n) is 35.4. The fourth-order valence-corrected chi connectivity index (χ4v) is 14.6. The van der Waals surface area contributed by atoms with Crippen molar-refractivity contribution in [2.45, 2.75) is 0 Å². The molecule has 0 aliphatic carbocycles. The van der Waals surface area contributed by atoms with Gasteiger partial charge in [0.25, 0.3) is 0 Å². The quantitative estimate of drug-likeness (QED) is 0.118. The SMILES string of the molecule is c1ccc(-c2cc(-c3ccc(-c4ccc(-c5cccc6oc7c8ccccc8c(-c8ccccn8)cc7c56)cc4)cc3)nc(-c3ccccc3)n2)cc1.c1ccc(-c2nc(-c3ccccc3)nc(-c3ccc(-c4ccc(-c5cccc6oc7c8ccccc8c(-c8ccccn8)cc7c56)cc4)cc3)n2)cc1. The van der Waals surface area contributed by atoms with Gasteiger partial charge in [0.2, 0.25) is 0 Å². The number of aromatic nitrogens is 7. The molecule has 0 aliphatic heterocycles. The Morgan fingerprint density at radius 1 is 0.179 bits per heavy atom. The number of benzene rings is 14. The van der Waals surface area contributed by atoms with Crippen molar-refractivity contribution in [3.63, 3.8) is 0 Å². The van der Waals surface area contributed by atoms with Crippen molar-refractivity contribution in [2.75, 3.05) is 0 Å². The summed E-state index contributed by atoms with van der Waals surface area (Å²) in [4.78, 5) is 34.0. The molecular weight excluding hydrogens is 1300 g/mol. The van der Waals surface area contributed by atoms with Gasteiger partial charge >= 0.3 is 0 Å². The van der Waals surface area contributed by atoms with Crippen LogP contribution in [0.5, 0.6) is 0 Å². The first-order chi connectivity index (χ1) is 52.5. The summed E-state index contributed by atoms with van der Waals surface area (Å²) in [5.74, 6) is 2.65. The van der Waals surface area contributed by atoms with Crippen LogP contribution in [-0.4, -0.2) is 34.9 Å². The Balaban J connectivity index is 0.000000145. The average Bonchev–Trinajstić information content (AvgIpc) is 1.57. The highest BCUT2D eigenvalue weighted by Gasteiger charge is 2.22. The smallest absolute Gasteiger partial charge is 0.164 e. The zero-order chi connectivity index (χ0) is 70.3. The highest BCUT2D eigenvalue weighted by molar-refractivity contribution is 6.23. The molecule has 0 atom stereocenters. The molecule has 496 valence electrons. The lowest BCUT2D eigenvalue weighted by Crippen LogP contribution is -2.00. The maximum absolute atomic E-state index is 6.59. The van der Waals surface area contributed by atoms with Crippen molar-refractivity contribution in [1.82, 2.24) is 34.9 Å². The van der Waals surface area contributed by atoms with E-state index in [-0.39, 0.29) is 0 Å². The van der Waals surface area contributed by atoms with Crippen molar-refractivity contribution in [2.24, 2.45) is 0 Å². The van der Waals surface area contributed by atoms with Crippen molar-refractivity contribution >= 4 is 65.4 Å². The molecule has 6 aromatic heterocycles. The molecule has 14 aromatic carbocycles. The molecule has 106 heavy (non-hydrogen) atoms. The molecule has 0 aliphatic rings. The van der Waals surface area contributed by atoms with E-state index < -0.39 is 0 Å². The second kappa shape index (κ2) is 27.2. The van der Waals surface area contributed by atoms with Gasteiger partial charge in [-0.1, -0.05) is 303 Å². The third-order valence-electron chi connectivity index (χ3n) is 19.8. The molecule has 0 fully saturated rings. The number of nitrogens with zero attached hydrogens (tertiary/aromatic N) is 7. The minimum atomic E-state index is 0.638. The fourth-order valence-electron chi connectivity index (χ4n) is 14.6. The monoisotopic (exact) mass is 1360 g/mol. The van der Waals surface area contributed by atoms with E-state index in [1.807, 2.05) is 134 Å². The van der Waals surface area contributed by atoms with E-state index in [2.05, 4.69) is 237 Å². The molecule has 0 unspecified atom stereocenters. The third kappa shape index (κ3) is 11.8. The molecule has 0 saturated carbocycles. The maximum atomic E-state index is 6.59. The molecule has 0 saturated heterocycles. The van der Waals surface area contributed by atoms with Gasteiger partial charge in [-0.2, -0.15) is 0 Å². The van der Waals surface area contributed by atoms with Crippen LogP contribution in [0.4, 0.5) is 0 Å². The molecular formula is C97H61N7O2. The first kappa shape index (κ1) is 62.6.